The van der Waals surface area contributed by atoms with Crippen LogP contribution in [0.2, 0.25) is 5.02 Å². The molecule has 96 valence electrons. The summed E-state index contributed by atoms with van der Waals surface area (Å²) in [5.74, 6) is 0. The van der Waals surface area contributed by atoms with Crippen molar-refractivity contribution in [3.05, 3.63) is 28.8 Å². The van der Waals surface area contributed by atoms with Gasteiger partial charge in [-0.05, 0) is 30.5 Å². The van der Waals surface area contributed by atoms with Gasteiger partial charge in [0.2, 0.25) is 0 Å². The summed E-state index contributed by atoms with van der Waals surface area (Å²) in [6, 6.07) is 5.48. The van der Waals surface area contributed by atoms with Crippen LogP contribution in [0.4, 0.5) is 5.69 Å². The summed E-state index contributed by atoms with van der Waals surface area (Å²) in [6.45, 7) is 1.17. The van der Waals surface area contributed by atoms with E-state index >= 15 is 0 Å². The second kappa shape index (κ2) is 8.34. The highest BCUT2D eigenvalue weighted by Crippen LogP contribution is 2.23. The van der Waals surface area contributed by atoms with E-state index in [1.165, 1.54) is 0 Å². The van der Waals surface area contributed by atoms with Gasteiger partial charge < -0.3 is 15.5 Å². The molecule has 0 radical (unpaired) electrons. The normalized spacial score (nSPS) is 10.5. The Morgan fingerprint density at radius 2 is 1.82 bits per heavy atom. The molecule has 1 aromatic rings. The molecule has 0 bridgehead atoms. The zero-order valence-corrected chi connectivity index (χ0v) is 10.7. The predicted molar refractivity (Wildman–Crippen MR) is 71.4 cm³/mol. The Morgan fingerprint density at radius 1 is 1.06 bits per heavy atom. The van der Waals surface area contributed by atoms with Crippen LogP contribution in [0.5, 0.6) is 0 Å². The van der Waals surface area contributed by atoms with Gasteiger partial charge in [0.1, 0.15) is 0 Å². The smallest absolute Gasteiger partial charge is 0.0682 e. The highest BCUT2D eigenvalue weighted by atomic mass is 35.5. The maximum Gasteiger partial charge on any atom is 0.0682 e. The van der Waals surface area contributed by atoms with Crippen LogP contribution in [-0.2, 0) is 6.61 Å². The van der Waals surface area contributed by atoms with Gasteiger partial charge in [-0.15, -0.1) is 0 Å². The molecule has 1 aromatic carbocycles. The number of benzene rings is 1. The molecule has 0 fully saturated rings. The van der Waals surface area contributed by atoms with E-state index in [0.29, 0.717) is 5.02 Å². The lowest BCUT2D eigenvalue weighted by Crippen LogP contribution is -2.02. The zero-order valence-electron chi connectivity index (χ0n) is 9.95. The van der Waals surface area contributed by atoms with E-state index in [9.17, 15) is 0 Å². The number of halogens is 1. The zero-order chi connectivity index (χ0) is 12.5. The van der Waals surface area contributed by atoms with Crippen LogP contribution in [0.3, 0.4) is 0 Å². The SMILES string of the molecule is OCCCCCCNc1cc(CO)ccc1Cl. The molecule has 3 nitrogen and oxygen atoms in total. The number of nitrogens with one attached hydrogen (secondary N) is 1. The van der Waals surface area contributed by atoms with Gasteiger partial charge in [-0.3, -0.25) is 0 Å². The Kier molecular flexibility index (Phi) is 7.01. The molecule has 0 saturated heterocycles. The van der Waals surface area contributed by atoms with E-state index in [2.05, 4.69) is 5.32 Å². The van der Waals surface area contributed by atoms with E-state index < -0.39 is 0 Å². The average Bonchev–Trinajstić information content (AvgIpc) is 2.35. The van der Waals surface area contributed by atoms with Gasteiger partial charge >= 0.3 is 0 Å². The molecule has 0 unspecified atom stereocenters. The van der Waals surface area contributed by atoms with Crippen LogP contribution >= 0.6 is 11.6 Å². The molecule has 0 amide bonds. The van der Waals surface area contributed by atoms with Gasteiger partial charge in [-0.2, -0.15) is 0 Å². The summed E-state index contributed by atoms with van der Waals surface area (Å²) in [7, 11) is 0. The van der Waals surface area contributed by atoms with Gasteiger partial charge in [0.25, 0.3) is 0 Å². The molecule has 0 heterocycles. The first-order valence-electron chi connectivity index (χ1n) is 6.02. The summed E-state index contributed by atoms with van der Waals surface area (Å²) in [6.07, 6.45) is 4.09. The van der Waals surface area contributed by atoms with Crippen molar-refractivity contribution in [1.82, 2.24) is 0 Å². The second-order valence-electron chi connectivity index (χ2n) is 4.04. The fourth-order valence-corrected chi connectivity index (χ4v) is 1.80. The number of rotatable bonds is 8. The third kappa shape index (κ3) is 5.39. The lowest BCUT2D eigenvalue weighted by atomic mass is 10.2. The van der Waals surface area contributed by atoms with Crippen LogP contribution in [0, 0.1) is 0 Å². The van der Waals surface area contributed by atoms with Gasteiger partial charge in [0, 0.05) is 13.2 Å². The van der Waals surface area contributed by atoms with Crippen molar-refractivity contribution < 1.29 is 10.2 Å². The fraction of sp³-hybridized carbons (Fsp3) is 0.538. The van der Waals surface area contributed by atoms with E-state index in [1.807, 2.05) is 12.1 Å². The predicted octanol–water partition coefficient (Wildman–Crippen LogP) is 2.80. The number of aliphatic hydroxyl groups is 2. The molecule has 0 atom stereocenters. The maximum atomic E-state index is 9.03. The van der Waals surface area contributed by atoms with Gasteiger partial charge in [0.05, 0.1) is 17.3 Å². The molecular formula is C13H20ClNO2. The number of hydrogen-bond acceptors (Lipinski definition) is 3. The van der Waals surface area contributed by atoms with E-state index in [-0.39, 0.29) is 13.2 Å². The number of hydrogen-bond donors (Lipinski definition) is 3. The Hall–Kier alpha value is -0.770. The summed E-state index contributed by atoms with van der Waals surface area (Å²) in [5.41, 5.74) is 1.73. The third-order valence-corrected chi connectivity index (χ3v) is 2.94. The fourth-order valence-electron chi connectivity index (χ4n) is 1.62. The van der Waals surface area contributed by atoms with Crippen molar-refractivity contribution in [3.8, 4) is 0 Å². The lowest BCUT2D eigenvalue weighted by molar-refractivity contribution is 0.282. The van der Waals surface area contributed by atoms with Crippen molar-refractivity contribution in [2.45, 2.75) is 32.3 Å². The summed E-state index contributed by atoms with van der Waals surface area (Å²) in [4.78, 5) is 0. The minimum Gasteiger partial charge on any atom is -0.396 e. The number of aliphatic hydroxyl groups excluding tert-OH is 2. The molecule has 0 aromatic heterocycles. The standard InChI is InChI=1S/C13H20ClNO2/c14-12-6-5-11(10-17)9-13(12)15-7-3-1-2-4-8-16/h5-6,9,15-17H,1-4,7-8,10H2. The van der Waals surface area contributed by atoms with E-state index in [1.54, 1.807) is 6.07 Å². The van der Waals surface area contributed by atoms with Crippen LogP contribution < -0.4 is 5.32 Å². The Balaban J connectivity index is 2.30. The largest absolute Gasteiger partial charge is 0.396 e. The number of unbranched alkanes of at least 4 members (excludes halogenated alkanes) is 3. The molecule has 0 aliphatic carbocycles. The van der Waals surface area contributed by atoms with E-state index in [4.69, 9.17) is 21.8 Å². The molecule has 17 heavy (non-hydrogen) atoms. The summed E-state index contributed by atoms with van der Waals surface area (Å²) in [5, 5.41) is 21.6. The average molecular weight is 258 g/mol. The molecule has 3 N–H and O–H groups in total. The van der Waals surface area contributed by atoms with Crippen molar-refractivity contribution in [1.29, 1.82) is 0 Å². The molecule has 0 aliphatic heterocycles. The van der Waals surface area contributed by atoms with Crippen LogP contribution in [0.15, 0.2) is 18.2 Å². The van der Waals surface area contributed by atoms with Crippen LogP contribution in [0.1, 0.15) is 31.2 Å². The van der Waals surface area contributed by atoms with E-state index in [0.717, 1.165) is 43.5 Å². The number of anilines is 1. The minimum atomic E-state index is 0.0301. The van der Waals surface area contributed by atoms with Crippen LogP contribution in [-0.4, -0.2) is 23.4 Å². The van der Waals surface area contributed by atoms with Gasteiger partial charge in [-0.1, -0.05) is 30.5 Å². The Labute approximate surface area is 107 Å². The van der Waals surface area contributed by atoms with Crippen molar-refractivity contribution in [2.24, 2.45) is 0 Å². The minimum absolute atomic E-state index is 0.0301. The first kappa shape index (κ1) is 14.3. The van der Waals surface area contributed by atoms with Gasteiger partial charge in [0.15, 0.2) is 0 Å². The highest BCUT2D eigenvalue weighted by molar-refractivity contribution is 6.33. The third-order valence-electron chi connectivity index (χ3n) is 2.61. The van der Waals surface area contributed by atoms with Crippen molar-refractivity contribution in [3.63, 3.8) is 0 Å². The quantitative estimate of drug-likeness (QED) is 0.628. The molecule has 0 aliphatic rings. The molecule has 0 saturated carbocycles. The Bertz CT molecular complexity index is 331. The molecular weight excluding hydrogens is 238 g/mol. The van der Waals surface area contributed by atoms with Crippen LogP contribution in [0.25, 0.3) is 0 Å². The lowest BCUT2D eigenvalue weighted by Gasteiger charge is -2.09. The highest BCUT2D eigenvalue weighted by Gasteiger charge is 2.00. The van der Waals surface area contributed by atoms with Crippen molar-refractivity contribution in [2.75, 3.05) is 18.5 Å². The maximum absolute atomic E-state index is 9.03. The molecule has 4 heteroatoms. The first-order chi connectivity index (χ1) is 8.27. The Morgan fingerprint density at radius 3 is 2.53 bits per heavy atom. The monoisotopic (exact) mass is 257 g/mol. The summed E-state index contributed by atoms with van der Waals surface area (Å²) < 4.78 is 0. The first-order valence-corrected chi connectivity index (χ1v) is 6.39. The molecule has 1 rings (SSSR count). The molecule has 0 spiro atoms. The topological polar surface area (TPSA) is 52.5 Å². The second-order valence-corrected chi connectivity index (χ2v) is 4.44. The summed E-state index contributed by atoms with van der Waals surface area (Å²) >= 11 is 6.04. The van der Waals surface area contributed by atoms with Crippen molar-refractivity contribution >= 4 is 17.3 Å². The van der Waals surface area contributed by atoms with Gasteiger partial charge in [-0.25, -0.2) is 0 Å².